The molecule has 2 aromatic rings. The minimum atomic E-state index is 0.134. The Labute approximate surface area is 112 Å². The summed E-state index contributed by atoms with van der Waals surface area (Å²) in [6.07, 6.45) is 2.57. The molecular weight excluding hydrogens is 244 g/mol. The van der Waals surface area contributed by atoms with Crippen LogP contribution in [0.5, 0.6) is 0 Å². The average molecular weight is 264 g/mol. The molecule has 2 aromatic heterocycles. The number of aromatic nitrogens is 2. The summed E-state index contributed by atoms with van der Waals surface area (Å²) < 4.78 is 1.10. The van der Waals surface area contributed by atoms with Crippen LogP contribution in [-0.4, -0.2) is 22.6 Å². The Balaban J connectivity index is 2.00. The van der Waals surface area contributed by atoms with Gasteiger partial charge in [0.2, 0.25) is 0 Å². The third-order valence-corrected chi connectivity index (χ3v) is 3.56. The average Bonchev–Trinajstić information content (AvgIpc) is 2.72. The van der Waals surface area contributed by atoms with Gasteiger partial charge in [-0.05, 0) is 23.3 Å². The zero-order valence-corrected chi connectivity index (χ0v) is 11.9. The van der Waals surface area contributed by atoms with Crippen molar-refractivity contribution in [1.29, 1.82) is 0 Å². The number of nitrogens with two attached hydrogens (primary N) is 1. The quantitative estimate of drug-likeness (QED) is 0.891. The van der Waals surface area contributed by atoms with Gasteiger partial charge in [0.25, 0.3) is 0 Å². The fourth-order valence-corrected chi connectivity index (χ4v) is 2.81. The summed E-state index contributed by atoms with van der Waals surface area (Å²) in [5, 5.41) is 5.36. The lowest BCUT2D eigenvalue weighted by Gasteiger charge is -2.23. The number of nitrogens with one attached hydrogen (secondary N) is 1. The van der Waals surface area contributed by atoms with Gasteiger partial charge in [-0.15, -0.1) is 11.3 Å². The molecule has 0 amide bonds. The Bertz CT molecular complexity index is 515. The molecule has 0 aliphatic rings. The monoisotopic (exact) mass is 264 g/mol. The molecule has 2 rings (SSSR count). The van der Waals surface area contributed by atoms with Gasteiger partial charge in [-0.3, -0.25) is 0 Å². The first-order valence-corrected chi connectivity index (χ1v) is 7.01. The summed E-state index contributed by atoms with van der Waals surface area (Å²) in [6.45, 7) is 7.35. The first-order chi connectivity index (χ1) is 8.46. The van der Waals surface area contributed by atoms with E-state index in [0.29, 0.717) is 0 Å². The second-order valence-electron chi connectivity index (χ2n) is 5.76. The molecule has 0 aliphatic heterocycles. The van der Waals surface area contributed by atoms with E-state index in [9.17, 15) is 0 Å². The molecular formula is C13H20N4S. The van der Waals surface area contributed by atoms with Gasteiger partial charge in [0.1, 0.15) is 12.1 Å². The summed E-state index contributed by atoms with van der Waals surface area (Å²) in [5.74, 6) is 0.888. The van der Waals surface area contributed by atoms with E-state index in [1.807, 2.05) is 11.4 Å². The van der Waals surface area contributed by atoms with Crippen molar-refractivity contribution in [2.75, 3.05) is 11.9 Å². The van der Waals surface area contributed by atoms with E-state index in [2.05, 4.69) is 36.1 Å². The van der Waals surface area contributed by atoms with Crippen LogP contribution in [0.3, 0.4) is 0 Å². The Kier molecular flexibility index (Phi) is 3.82. The highest BCUT2D eigenvalue weighted by Gasteiger charge is 2.16. The maximum Gasteiger partial charge on any atom is 0.147 e. The molecule has 3 N–H and O–H groups in total. The number of thiophene rings is 1. The van der Waals surface area contributed by atoms with E-state index in [0.717, 1.165) is 29.0 Å². The number of anilines is 1. The third-order valence-electron chi connectivity index (χ3n) is 2.65. The molecule has 0 aliphatic carbocycles. The first-order valence-electron chi connectivity index (χ1n) is 6.13. The van der Waals surface area contributed by atoms with Crippen molar-refractivity contribution < 1.29 is 0 Å². The number of hydrogen-bond acceptors (Lipinski definition) is 5. The summed E-state index contributed by atoms with van der Waals surface area (Å²) in [4.78, 5) is 8.50. The lowest BCUT2D eigenvalue weighted by molar-refractivity contribution is 0.344. The molecule has 98 valence electrons. The van der Waals surface area contributed by atoms with Gasteiger partial charge in [0.05, 0.1) is 10.2 Å². The molecule has 0 fully saturated rings. The van der Waals surface area contributed by atoms with Crippen LogP contribution in [0.25, 0.3) is 10.2 Å². The van der Waals surface area contributed by atoms with Crippen LogP contribution in [0.15, 0.2) is 17.8 Å². The Morgan fingerprint density at radius 1 is 1.39 bits per heavy atom. The molecule has 0 bridgehead atoms. The lowest BCUT2D eigenvalue weighted by atomic mass is 9.88. The van der Waals surface area contributed by atoms with Crippen molar-refractivity contribution in [3.8, 4) is 0 Å². The predicted molar refractivity (Wildman–Crippen MR) is 78.0 cm³/mol. The Morgan fingerprint density at radius 2 is 2.17 bits per heavy atom. The van der Waals surface area contributed by atoms with Crippen molar-refractivity contribution in [3.63, 3.8) is 0 Å². The molecule has 1 atom stereocenters. The van der Waals surface area contributed by atoms with Crippen LogP contribution < -0.4 is 11.1 Å². The fraction of sp³-hybridized carbons (Fsp3) is 0.538. The number of fused-ring (bicyclic) bond motifs is 1. The van der Waals surface area contributed by atoms with Crippen LogP contribution in [0.4, 0.5) is 5.82 Å². The highest BCUT2D eigenvalue weighted by Crippen LogP contribution is 2.25. The van der Waals surface area contributed by atoms with Gasteiger partial charge in [-0.25, -0.2) is 9.97 Å². The van der Waals surface area contributed by atoms with Gasteiger partial charge in [-0.1, -0.05) is 20.8 Å². The Hall–Kier alpha value is -1.20. The molecule has 0 aromatic carbocycles. The third kappa shape index (κ3) is 3.40. The number of hydrogen-bond donors (Lipinski definition) is 2. The molecule has 2 heterocycles. The number of rotatable bonds is 4. The summed E-state index contributed by atoms with van der Waals surface area (Å²) >= 11 is 1.65. The van der Waals surface area contributed by atoms with E-state index in [1.54, 1.807) is 17.7 Å². The van der Waals surface area contributed by atoms with Crippen LogP contribution >= 0.6 is 11.3 Å². The zero-order chi connectivity index (χ0) is 13.2. The van der Waals surface area contributed by atoms with Crippen molar-refractivity contribution in [2.45, 2.75) is 33.2 Å². The topological polar surface area (TPSA) is 63.8 Å². The van der Waals surface area contributed by atoms with Gasteiger partial charge in [0.15, 0.2) is 0 Å². The maximum atomic E-state index is 6.12. The van der Waals surface area contributed by atoms with Crippen molar-refractivity contribution in [3.05, 3.63) is 17.8 Å². The minimum Gasteiger partial charge on any atom is -0.367 e. The Morgan fingerprint density at radius 3 is 2.89 bits per heavy atom. The zero-order valence-electron chi connectivity index (χ0n) is 11.1. The summed E-state index contributed by atoms with van der Waals surface area (Å²) in [5.41, 5.74) is 7.37. The largest absolute Gasteiger partial charge is 0.367 e. The van der Waals surface area contributed by atoms with E-state index in [-0.39, 0.29) is 11.5 Å². The predicted octanol–water partition coefficient (Wildman–Crippen LogP) is 2.87. The van der Waals surface area contributed by atoms with Gasteiger partial charge < -0.3 is 11.1 Å². The SMILES string of the molecule is CC(C)(C)CC(N)CNc1ncnc2ccsc12. The summed E-state index contributed by atoms with van der Waals surface area (Å²) in [6, 6.07) is 2.14. The highest BCUT2D eigenvalue weighted by molar-refractivity contribution is 7.17. The van der Waals surface area contributed by atoms with Gasteiger partial charge in [0, 0.05) is 12.6 Å². The van der Waals surface area contributed by atoms with Crippen LogP contribution in [0.1, 0.15) is 27.2 Å². The van der Waals surface area contributed by atoms with Gasteiger partial charge >= 0.3 is 0 Å². The van der Waals surface area contributed by atoms with E-state index >= 15 is 0 Å². The minimum absolute atomic E-state index is 0.134. The van der Waals surface area contributed by atoms with E-state index in [4.69, 9.17) is 5.73 Å². The van der Waals surface area contributed by atoms with E-state index in [1.165, 1.54) is 0 Å². The molecule has 0 saturated heterocycles. The second-order valence-corrected chi connectivity index (χ2v) is 6.68. The molecule has 4 nitrogen and oxygen atoms in total. The van der Waals surface area contributed by atoms with Crippen molar-refractivity contribution in [2.24, 2.45) is 11.1 Å². The lowest BCUT2D eigenvalue weighted by Crippen LogP contribution is -2.33. The molecule has 0 radical (unpaired) electrons. The van der Waals surface area contributed by atoms with E-state index < -0.39 is 0 Å². The molecule has 5 heteroatoms. The molecule has 1 unspecified atom stereocenters. The maximum absolute atomic E-state index is 6.12. The van der Waals surface area contributed by atoms with Crippen molar-refractivity contribution >= 4 is 27.4 Å². The van der Waals surface area contributed by atoms with Crippen LogP contribution in [0.2, 0.25) is 0 Å². The molecule has 0 spiro atoms. The highest BCUT2D eigenvalue weighted by atomic mass is 32.1. The smallest absolute Gasteiger partial charge is 0.147 e. The fourth-order valence-electron chi connectivity index (χ4n) is 2.00. The molecule has 18 heavy (non-hydrogen) atoms. The molecule has 0 saturated carbocycles. The van der Waals surface area contributed by atoms with Gasteiger partial charge in [-0.2, -0.15) is 0 Å². The van der Waals surface area contributed by atoms with Crippen LogP contribution in [-0.2, 0) is 0 Å². The second kappa shape index (κ2) is 5.20. The number of nitrogens with zero attached hydrogens (tertiary/aromatic N) is 2. The summed E-state index contributed by atoms with van der Waals surface area (Å²) in [7, 11) is 0. The van der Waals surface area contributed by atoms with Crippen LogP contribution in [0, 0.1) is 5.41 Å². The van der Waals surface area contributed by atoms with Crippen molar-refractivity contribution in [1.82, 2.24) is 9.97 Å². The standard InChI is InChI=1S/C13H20N4S/c1-13(2,3)6-9(14)7-15-12-11-10(4-5-18-11)16-8-17-12/h4-5,8-9H,6-7,14H2,1-3H3,(H,15,16,17). The first kappa shape index (κ1) is 13.2. The normalized spacial score (nSPS) is 13.8.